The van der Waals surface area contributed by atoms with E-state index in [1.165, 1.54) is 4.90 Å². The summed E-state index contributed by atoms with van der Waals surface area (Å²) in [7, 11) is 1.68. The van der Waals surface area contributed by atoms with Crippen LogP contribution in [0.3, 0.4) is 0 Å². The molecule has 6 nitrogen and oxygen atoms in total. The van der Waals surface area contributed by atoms with Crippen LogP contribution in [0.1, 0.15) is 26.7 Å². The Hall–Kier alpha value is -0.850. The van der Waals surface area contributed by atoms with Gasteiger partial charge in [0.2, 0.25) is 11.8 Å². The van der Waals surface area contributed by atoms with E-state index in [9.17, 15) is 9.59 Å². The fourth-order valence-electron chi connectivity index (χ4n) is 2.62. The van der Waals surface area contributed by atoms with Crippen molar-refractivity contribution in [1.82, 2.24) is 9.80 Å². The lowest BCUT2D eigenvalue weighted by Crippen LogP contribution is -2.52. The number of hydrogen-bond acceptors (Lipinski definition) is 4. The fourth-order valence-corrected chi connectivity index (χ4v) is 2.62. The minimum atomic E-state index is -0.559. The normalized spacial score (nSPS) is 16.8. The highest BCUT2D eigenvalue weighted by Crippen LogP contribution is 2.31. The zero-order valence-electron chi connectivity index (χ0n) is 13.3. The molecule has 0 atom stereocenters. The van der Waals surface area contributed by atoms with E-state index in [-0.39, 0.29) is 30.8 Å². The molecule has 1 saturated heterocycles. The smallest absolute Gasteiger partial charge is 0.242 e. The molecule has 0 unspecified atom stereocenters. The zero-order valence-corrected chi connectivity index (χ0v) is 14.1. The number of nitrogens with zero attached hydrogens (tertiary/aromatic N) is 2. The van der Waals surface area contributed by atoms with E-state index >= 15 is 0 Å². The van der Waals surface area contributed by atoms with Gasteiger partial charge in [0, 0.05) is 39.9 Å². The van der Waals surface area contributed by atoms with Gasteiger partial charge in [-0.3, -0.25) is 9.59 Å². The second kappa shape index (κ2) is 9.23. The molecule has 1 aliphatic heterocycles. The Morgan fingerprint density at radius 2 is 1.71 bits per heavy atom. The fraction of sp³-hybridized carbons (Fsp3) is 0.857. The number of carbonyl (C=O) groups excluding carboxylic acids is 2. The van der Waals surface area contributed by atoms with Crippen molar-refractivity contribution in [3.05, 3.63) is 0 Å². The van der Waals surface area contributed by atoms with E-state index in [0.717, 1.165) is 0 Å². The maximum Gasteiger partial charge on any atom is 0.242 e. The molecule has 21 heavy (non-hydrogen) atoms. The van der Waals surface area contributed by atoms with Gasteiger partial charge in [-0.25, -0.2) is 0 Å². The third kappa shape index (κ3) is 4.83. The SMILES string of the molecule is CCN(CC)C(=O)CN(C)C(=O)C1(CN)CCOCC1.Cl. The lowest BCUT2D eigenvalue weighted by Gasteiger charge is -2.37. The van der Waals surface area contributed by atoms with Crippen molar-refractivity contribution in [2.24, 2.45) is 11.1 Å². The lowest BCUT2D eigenvalue weighted by molar-refractivity contribution is -0.149. The minimum Gasteiger partial charge on any atom is -0.381 e. The Morgan fingerprint density at radius 1 is 1.19 bits per heavy atom. The van der Waals surface area contributed by atoms with Crippen molar-refractivity contribution >= 4 is 24.2 Å². The van der Waals surface area contributed by atoms with E-state index < -0.39 is 5.41 Å². The van der Waals surface area contributed by atoms with Crippen molar-refractivity contribution in [2.45, 2.75) is 26.7 Å². The van der Waals surface area contributed by atoms with Gasteiger partial charge < -0.3 is 20.3 Å². The zero-order chi connectivity index (χ0) is 15.2. The number of likely N-dealkylation sites (N-methyl/N-ethyl adjacent to an activating group) is 2. The summed E-state index contributed by atoms with van der Waals surface area (Å²) in [6.45, 7) is 6.72. The van der Waals surface area contributed by atoms with E-state index in [2.05, 4.69) is 0 Å². The van der Waals surface area contributed by atoms with Crippen molar-refractivity contribution in [3.8, 4) is 0 Å². The van der Waals surface area contributed by atoms with Gasteiger partial charge >= 0.3 is 0 Å². The summed E-state index contributed by atoms with van der Waals surface area (Å²) in [4.78, 5) is 27.9. The highest BCUT2D eigenvalue weighted by molar-refractivity contribution is 5.88. The van der Waals surface area contributed by atoms with Crippen molar-refractivity contribution < 1.29 is 14.3 Å². The maximum absolute atomic E-state index is 12.6. The van der Waals surface area contributed by atoms with Crippen LogP contribution in [-0.4, -0.2) is 68.1 Å². The van der Waals surface area contributed by atoms with Gasteiger partial charge in [0.05, 0.1) is 12.0 Å². The summed E-state index contributed by atoms with van der Waals surface area (Å²) in [5.74, 6) is -0.0612. The Morgan fingerprint density at radius 3 is 2.14 bits per heavy atom. The van der Waals surface area contributed by atoms with E-state index in [1.807, 2.05) is 13.8 Å². The van der Waals surface area contributed by atoms with Gasteiger partial charge in [-0.05, 0) is 26.7 Å². The number of carbonyl (C=O) groups is 2. The number of ether oxygens (including phenoxy) is 1. The molecule has 0 aromatic carbocycles. The summed E-state index contributed by atoms with van der Waals surface area (Å²) >= 11 is 0. The molecule has 0 bridgehead atoms. The summed E-state index contributed by atoms with van der Waals surface area (Å²) in [5, 5.41) is 0. The molecule has 1 heterocycles. The Labute approximate surface area is 133 Å². The topological polar surface area (TPSA) is 75.9 Å². The second-order valence-electron chi connectivity index (χ2n) is 5.32. The number of amides is 2. The standard InChI is InChI=1S/C14H27N3O3.ClH/c1-4-17(5-2)12(18)10-16(3)13(19)14(11-15)6-8-20-9-7-14;/h4-11,15H2,1-3H3;1H. The first-order valence-electron chi connectivity index (χ1n) is 7.32. The van der Waals surface area contributed by atoms with Gasteiger partial charge in [0.1, 0.15) is 0 Å². The van der Waals surface area contributed by atoms with Gasteiger partial charge in [-0.1, -0.05) is 0 Å². The van der Waals surface area contributed by atoms with Crippen LogP contribution in [0.4, 0.5) is 0 Å². The highest BCUT2D eigenvalue weighted by atomic mass is 35.5. The summed E-state index contributed by atoms with van der Waals surface area (Å²) in [6.07, 6.45) is 1.26. The minimum absolute atomic E-state index is 0. The molecule has 124 valence electrons. The first-order chi connectivity index (χ1) is 9.50. The summed E-state index contributed by atoms with van der Waals surface area (Å²) in [5.41, 5.74) is 5.26. The Balaban J connectivity index is 0.00000400. The third-order valence-electron chi connectivity index (χ3n) is 4.13. The molecule has 0 aromatic rings. The van der Waals surface area contributed by atoms with Crippen molar-refractivity contribution in [1.29, 1.82) is 0 Å². The molecule has 0 spiro atoms. The van der Waals surface area contributed by atoms with E-state index in [4.69, 9.17) is 10.5 Å². The van der Waals surface area contributed by atoms with Crippen LogP contribution in [0.15, 0.2) is 0 Å². The molecular weight excluding hydrogens is 294 g/mol. The first kappa shape index (κ1) is 20.1. The molecule has 2 amide bonds. The van der Waals surface area contributed by atoms with Crippen LogP contribution in [0.2, 0.25) is 0 Å². The second-order valence-corrected chi connectivity index (χ2v) is 5.32. The largest absolute Gasteiger partial charge is 0.381 e. The molecule has 0 saturated carbocycles. The van der Waals surface area contributed by atoms with Gasteiger partial charge in [0.15, 0.2) is 0 Å². The summed E-state index contributed by atoms with van der Waals surface area (Å²) < 4.78 is 5.31. The van der Waals surface area contributed by atoms with Gasteiger partial charge in [-0.15, -0.1) is 12.4 Å². The predicted molar refractivity (Wildman–Crippen MR) is 84.4 cm³/mol. The van der Waals surface area contributed by atoms with Crippen LogP contribution in [0, 0.1) is 5.41 Å². The highest BCUT2D eigenvalue weighted by Gasteiger charge is 2.40. The van der Waals surface area contributed by atoms with Crippen LogP contribution in [-0.2, 0) is 14.3 Å². The van der Waals surface area contributed by atoms with Crippen molar-refractivity contribution in [3.63, 3.8) is 0 Å². The average molecular weight is 322 g/mol. The Kier molecular flexibility index (Phi) is 8.85. The van der Waals surface area contributed by atoms with Crippen LogP contribution in [0.25, 0.3) is 0 Å². The van der Waals surface area contributed by atoms with Crippen molar-refractivity contribution in [2.75, 3.05) is 46.4 Å². The predicted octanol–water partition coefficient (Wildman–Crippen LogP) is 0.491. The molecule has 1 aliphatic rings. The number of hydrogen-bond donors (Lipinski definition) is 1. The summed E-state index contributed by atoms with van der Waals surface area (Å²) in [6, 6.07) is 0. The molecule has 7 heteroatoms. The lowest BCUT2D eigenvalue weighted by atomic mass is 9.79. The van der Waals surface area contributed by atoms with Gasteiger partial charge in [-0.2, -0.15) is 0 Å². The quantitative estimate of drug-likeness (QED) is 0.772. The first-order valence-corrected chi connectivity index (χ1v) is 7.32. The molecule has 0 aromatic heterocycles. The van der Waals surface area contributed by atoms with Gasteiger partial charge in [0.25, 0.3) is 0 Å². The van der Waals surface area contributed by atoms with Crippen LogP contribution >= 0.6 is 12.4 Å². The maximum atomic E-state index is 12.6. The monoisotopic (exact) mass is 321 g/mol. The number of nitrogens with two attached hydrogens (primary N) is 1. The molecule has 1 fully saturated rings. The molecule has 2 N–H and O–H groups in total. The number of rotatable bonds is 6. The molecule has 0 aliphatic carbocycles. The molecular formula is C14H28ClN3O3. The average Bonchev–Trinajstić information content (AvgIpc) is 2.48. The van der Waals surface area contributed by atoms with Crippen LogP contribution < -0.4 is 5.73 Å². The van der Waals surface area contributed by atoms with Crippen LogP contribution in [0.5, 0.6) is 0 Å². The Bertz CT molecular complexity index is 342. The van der Waals surface area contributed by atoms with E-state index in [1.54, 1.807) is 11.9 Å². The number of halogens is 1. The third-order valence-corrected chi connectivity index (χ3v) is 4.13. The molecule has 0 radical (unpaired) electrons. The van der Waals surface area contributed by atoms with E-state index in [0.29, 0.717) is 45.7 Å². The molecule has 1 rings (SSSR count).